The summed E-state index contributed by atoms with van der Waals surface area (Å²) in [5, 5.41) is 0. The molecule has 1 heterocycles. The number of rotatable bonds is 6. The maximum Gasteiger partial charge on any atom is 0.222 e. The lowest BCUT2D eigenvalue weighted by Crippen LogP contribution is -2.32. The fraction of sp³-hybridized carbons (Fsp3) is 0.562. The standard InChI is InChI=1S/C16H24N2O2/c17-10-6-2-1-3-9-16(19)18-11-12-20-15-8-5-4-7-14(15)13-18/h4-5,7-8H,1-3,6,9-13,17H2. The van der Waals surface area contributed by atoms with E-state index in [1.165, 1.54) is 0 Å². The fourth-order valence-electron chi connectivity index (χ4n) is 2.47. The zero-order valence-corrected chi connectivity index (χ0v) is 12.0. The predicted molar refractivity (Wildman–Crippen MR) is 79.5 cm³/mol. The third kappa shape index (κ3) is 4.23. The molecule has 0 fully saturated rings. The van der Waals surface area contributed by atoms with Crippen LogP contribution < -0.4 is 10.5 Å². The maximum atomic E-state index is 12.2. The molecule has 2 N–H and O–H groups in total. The van der Waals surface area contributed by atoms with Crippen LogP contribution in [-0.2, 0) is 11.3 Å². The Balaban J connectivity index is 1.82. The smallest absolute Gasteiger partial charge is 0.222 e. The molecule has 0 aliphatic carbocycles. The van der Waals surface area contributed by atoms with Crippen molar-refractivity contribution in [2.75, 3.05) is 19.7 Å². The number of hydrogen-bond acceptors (Lipinski definition) is 3. The molecule has 1 aliphatic rings. The van der Waals surface area contributed by atoms with Crippen molar-refractivity contribution >= 4 is 5.91 Å². The molecule has 4 nitrogen and oxygen atoms in total. The number of hydrogen-bond donors (Lipinski definition) is 1. The van der Waals surface area contributed by atoms with Crippen LogP contribution in [0.3, 0.4) is 0 Å². The topological polar surface area (TPSA) is 55.6 Å². The number of fused-ring (bicyclic) bond motifs is 1. The molecule has 0 saturated carbocycles. The highest BCUT2D eigenvalue weighted by molar-refractivity contribution is 5.76. The van der Waals surface area contributed by atoms with Gasteiger partial charge in [0.05, 0.1) is 6.54 Å². The van der Waals surface area contributed by atoms with Gasteiger partial charge in [-0.3, -0.25) is 4.79 Å². The molecule has 0 bridgehead atoms. The van der Waals surface area contributed by atoms with Crippen LogP contribution in [0.1, 0.15) is 37.7 Å². The van der Waals surface area contributed by atoms with E-state index < -0.39 is 0 Å². The highest BCUT2D eigenvalue weighted by Crippen LogP contribution is 2.22. The van der Waals surface area contributed by atoms with Gasteiger partial charge < -0.3 is 15.4 Å². The van der Waals surface area contributed by atoms with Gasteiger partial charge in [-0.25, -0.2) is 0 Å². The fourth-order valence-corrected chi connectivity index (χ4v) is 2.47. The minimum Gasteiger partial charge on any atom is -0.491 e. The average molecular weight is 276 g/mol. The van der Waals surface area contributed by atoms with E-state index in [0.717, 1.165) is 43.5 Å². The van der Waals surface area contributed by atoms with Crippen LogP contribution in [0.5, 0.6) is 5.75 Å². The molecule has 1 aliphatic heterocycles. The molecule has 0 spiro atoms. The van der Waals surface area contributed by atoms with Crippen LogP contribution in [0.4, 0.5) is 0 Å². The van der Waals surface area contributed by atoms with Crippen molar-refractivity contribution in [2.45, 2.75) is 38.6 Å². The van der Waals surface area contributed by atoms with Gasteiger partial charge in [-0.2, -0.15) is 0 Å². The molecule has 0 aromatic heterocycles. The second-order valence-corrected chi connectivity index (χ2v) is 5.22. The zero-order valence-electron chi connectivity index (χ0n) is 12.0. The summed E-state index contributed by atoms with van der Waals surface area (Å²) < 4.78 is 5.68. The molecule has 0 atom stereocenters. The number of amides is 1. The lowest BCUT2D eigenvalue weighted by Gasteiger charge is -2.19. The number of carbonyl (C=O) groups excluding carboxylic acids is 1. The van der Waals surface area contributed by atoms with Crippen LogP contribution in [0.2, 0.25) is 0 Å². The average Bonchev–Trinajstić information content (AvgIpc) is 2.69. The molecule has 0 unspecified atom stereocenters. The summed E-state index contributed by atoms with van der Waals surface area (Å²) in [6, 6.07) is 7.95. The van der Waals surface area contributed by atoms with E-state index >= 15 is 0 Å². The second-order valence-electron chi connectivity index (χ2n) is 5.22. The summed E-state index contributed by atoms with van der Waals surface area (Å²) in [5.41, 5.74) is 6.56. The van der Waals surface area contributed by atoms with Gasteiger partial charge in [-0.05, 0) is 25.5 Å². The molecule has 4 heteroatoms. The third-order valence-corrected chi connectivity index (χ3v) is 3.65. The summed E-state index contributed by atoms with van der Waals surface area (Å²) in [6.07, 6.45) is 4.85. The summed E-state index contributed by atoms with van der Waals surface area (Å²) in [4.78, 5) is 14.2. The Bertz CT molecular complexity index is 434. The van der Waals surface area contributed by atoms with Gasteiger partial charge in [0.1, 0.15) is 12.4 Å². The van der Waals surface area contributed by atoms with Crippen LogP contribution in [0.25, 0.3) is 0 Å². The van der Waals surface area contributed by atoms with Crippen molar-refractivity contribution < 1.29 is 9.53 Å². The number of ether oxygens (including phenoxy) is 1. The van der Waals surface area contributed by atoms with Crippen LogP contribution in [0, 0.1) is 0 Å². The normalized spacial score (nSPS) is 14.3. The van der Waals surface area contributed by atoms with E-state index in [0.29, 0.717) is 26.1 Å². The quantitative estimate of drug-likeness (QED) is 0.811. The minimum absolute atomic E-state index is 0.234. The summed E-state index contributed by atoms with van der Waals surface area (Å²) >= 11 is 0. The van der Waals surface area contributed by atoms with Crippen molar-refractivity contribution in [1.82, 2.24) is 4.90 Å². The van der Waals surface area contributed by atoms with Crippen LogP contribution in [-0.4, -0.2) is 30.5 Å². The van der Waals surface area contributed by atoms with Gasteiger partial charge in [0.15, 0.2) is 0 Å². The molecular formula is C16H24N2O2. The first-order valence-corrected chi connectivity index (χ1v) is 7.50. The lowest BCUT2D eigenvalue weighted by molar-refractivity contribution is -0.132. The van der Waals surface area contributed by atoms with Gasteiger partial charge in [0.25, 0.3) is 0 Å². The number of para-hydroxylation sites is 1. The van der Waals surface area contributed by atoms with Gasteiger partial charge in [-0.15, -0.1) is 0 Å². The maximum absolute atomic E-state index is 12.2. The monoisotopic (exact) mass is 276 g/mol. The Morgan fingerprint density at radius 2 is 2.00 bits per heavy atom. The first-order valence-electron chi connectivity index (χ1n) is 7.50. The molecule has 110 valence electrons. The molecule has 20 heavy (non-hydrogen) atoms. The van der Waals surface area contributed by atoms with Crippen molar-refractivity contribution in [3.8, 4) is 5.75 Å². The first kappa shape index (κ1) is 14.9. The second kappa shape index (κ2) is 7.90. The third-order valence-electron chi connectivity index (χ3n) is 3.65. The molecule has 2 rings (SSSR count). The van der Waals surface area contributed by atoms with E-state index in [9.17, 15) is 4.79 Å². The molecule has 1 aromatic carbocycles. The minimum atomic E-state index is 0.234. The molecule has 1 aromatic rings. The first-order chi connectivity index (χ1) is 9.81. The van der Waals surface area contributed by atoms with Crippen molar-refractivity contribution in [3.05, 3.63) is 29.8 Å². The van der Waals surface area contributed by atoms with Gasteiger partial charge in [-0.1, -0.05) is 31.0 Å². The number of unbranched alkanes of at least 4 members (excludes halogenated alkanes) is 3. The van der Waals surface area contributed by atoms with Crippen LogP contribution >= 0.6 is 0 Å². The Labute approximate surface area is 120 Å². The Morgan fingerprint density at radius 3 is 2.85 bits per heavy atom. The Kier molecular flexibility index (Phi) is 5.87. The van der Waals surface area contributed by atoms with E-state index in [1.807, 2.05) is 29.2 Å². The van der Waals surface area contributed by atoms with E-state index in [4.69, 9.17) is 10.5 Å². The molecule has 1 amide bonds. The van der Waals surface area contributed by atoms with Crippen molar-refractivity contribution in [3.63, 3.8) is 0 Å². The largest absolute Gasteiger partial charge is 0.491 e. The van der Waals surface area contributed by atoms with Crippen LogP contribution in [0.15, 0.2) is 24.3 Å². The van der Waals surface area contributed by atoms with Crippen molar-refractivity contribution in [2.24, 2.45) is 5.73 Å². The van der Waals surface area contributed by atoms with Gasteiger partial charge in [0, 0.05) is 18.5 Å². The van der Waals surface area contributed by atoms with E-state index in [2.05, 4.69) is 0 Å². The number of nitrogens with zero attached hydrogens (tertiary/aromatic N) is 1. The summed E-state index contributed by atoms with van der Waals surface area (Å²) in [7, 11) is 0. The van der Waals surface area contributed by atoms with Gasteiger partial charge in [0.2, 0.25) is 5.91 Å². The number of nitrogens with two attached hydrogens (primary N) is 1. The molecule has 0 saturated heterocycles. The number of carbonyl (C=O) groups is 1. The predicted octanol–water partition coefficient (Wildman–Crippen LogP) is 2.32. The summed E-state index contributed by atoms with van der Waals surface area (Å²) in [6.45, 7) is 2.66. The lowest BCUT2D eigenvalue weighted by atomic mass is 10.1. The highest BCUT2D eigenvalue weighted by Gasteiger charge is 2.18. The molecule has 0 radical (unpaired) electrons. The molecular weight excluding hydrogens is 252 g/mol. The van der Waals surface area contributed by atoms with Crippen molar-refractivity contribution in [1.29, 1.82) is 0 Å². The van der Waals surface area contributed by atoms with E-state index in [-0.39, 0.29) is 5.91 Å². The Morgan fingerprint density at radius 1 is 1.20 bits per heavy atom. The highest BCUT2D eigenvalue weighted by atomic mass is 16.5. The SMILES string of the molecule is NCCCCCCC(=O)N1CCOc2ccccc2C1. The zero-order chi connectivity index (χ0) is 14.2. The summed E-state index contributed by atoms with van der Waals surface area (Å²) in [5.74, 6) is 1.14. The van der Waals surface area contributed by atoms with Gasteiger partial charge >= 0.3 is 0 Å². The number of benzene rings is 1. The Hall–Kier alpha value is -1.55. The van der Waals surface area contributed by atoms with E-state index in [1.54, 1.807) is 0 Å².